The molecule has 2 aromatic rings. The number of benzene rings is 2. The van der Waals surface area contributed by atoms with E-state index in [1.54, 1.807) is 0 Å². The van der Waals surface area contributed by atoms with Gasteiger partial charge in [-0.25, -0.2) is 0 Å². The molecule has 2 aliphatic rings. The van der Waals surface area contributed by atoms with Gasteiger partial charge >= 0.3 is 0 Å². The molecule has 6 nitrogen and oxygen atoms in total. The van der Waals surface area contributed by atoms with E-state index in [2.05, 4.69) is 42.5 Å². The first kappa shape index (κ1) is 13.6. The van der Waals surface area contributed by atoms with Crippen LogP contribution in [-0.2, 0) is 0 Å². The van der Waals surface area contributed by atoms with Gasteiger partial charge in [0.05, 0.1) is 11.1 Å². The average Bonchev–Trinajstić information content (AvgIpc) is 2.43. The van der Waals surface area contributed by atoms with Crippen LogP contribution in [0.5, 0.6) is 0 Å². The lowest BCUT2D eigenvalue weighted by atomic mass is 9.87. The van der Waals surface area contributed by atoms with E-state index >= 15 is 0 Å². The molecule has 2 aliphatic heterocycles. The molecule has 0 bridgehead atoms. The molecular formula is C14H4Br2N2O4. The molecule has 0 fully saturated rings. The van der Waals surface area contributed by atoms with Gasteiger partial charge in [0.2, 0.25) is 0 Å². The number of imide groups is 2. The van der Waals surface area contributed by atoms with Gasteiger partial charge in [-0.1, -0.05) is 0 Å². The van der Waals surface area contributed by atoms with E-state index < -0.39 is 23.6 Å². The second-order valence-electron chi connectivity index (χ2n) is 4.88. The van der Waals surface area contributed by atoms with Gasteiger partial charge in [-0.15, -0.1) is 0 Å². The molecule has 0 unspecified atom stereocenters. The maximum Gasteiger partial charge on any atom is 0.259 e. The highest BCUT2D eigenvalue weighted by Gasteiger charge is 2.35. The van der Waals surface area contributed by atoms with Gasteiger partial charge < -0.3 is 0 Å². The van der Waals surface area contributed by atoms with E-state index in [4.69, 9.17) is 0 Å². The SMILES string of the molecule is O=C1NC(=O)c2c(Br)cc3c4c(c(Br)cc1c24)C(=O)NC3=O. The van der Waals surface area contributed by atoms with Gasteiger partial charge in [-0.05, 0) is 44.0 Å². The van der Waals surface area contributed by atoms with Crippen LogP contribution in [-0.4, -0.2) is 23.6 Å². The minimum absolute atomic E-state index is 0.240. The largest absolute Gasteiger partial charge is 0.288 e. The van der Waals surface area contributed by atoms with E-state index in [1.807, 2.05) is 0 Å². The monoisotopic (exact) mass is 422 g/mol. The summed E-state index contributed by atoms with van der Waals surface area (Å²) in [6, 6.07) is 2.96. The van der Waals surface area contributed by atoms with Crippen LogP contribution in [0, 0.1) is 0 Å². The lowest BCUT2D eigenvalue weighted by Crippen LogP contribution is -2.39. The first-order chi connectivity index (χ1) is 10.4. The minimum Gasteiger partial charge on any atom is -0.288 e. The Morgan fingerprint density at radius 2 is 1.00 bits per heavy atom. The van der Waals surface area contributed by atoms with Crippen LogP contribution in [0.4, 0.5) is 0 Å². The molecule has 4 rings (SSSR count). The van der Waals surface area contributed by atoms with E-state index in [0.29, 0.717) is 19.7 Å². The molecule has 8 heteroatoms. The summed E-state index contributed by atoms with van der Waals surface area (Å²) >= 11 is 6.52. The molecule has 22 heavy (non-hydrogen) atoms. The highest BCUT2D eigenvalue weighted by molar-refractivity contribution is 9.10. The number of carbonyl (C=O) groups is 4. The van der Waals surface area contributed by atoms with E-state index in [9.17, 15) is 19.2 Å². The smallest absolute Gasteiger partial charge is 0.259 e. The first-order valence-electron chi connectivity index (χ1n) is 6.10. The van der Waals surface area contributed by atoms with E-state index in [0.717, 1.165) is 0 Å². The first-order valence-corrected chi connectivity index (χ1v) is 7.69. The molecule has 0 atom stereocenters. The fourth-order valence-corrected chi connectivity index (χ4v) is 4.05. The summed E-state index contributed by atoms with van der Waals surface area (Å²) in [5.74, 6) is -2.26. The van der Waals surface area contributed by atoms with E-state index in [1.165, 1.54) is 12.1 Å². The van der Waals surface area contributed by atoms with Crippen molar-refractivity contribution < 1.29 is 19.2 Å². The van der Waals surface area contributed by atoms with Crippen molar-refractivity contribution in [2.24, 2.45) is 0 Å². The summed E-state index contributed by atoms with van der Waals surface area (Å²) in [6.45, 7) is 0. The van der Waals surface area contributed by atoms with Gasteiger partial charge in [-0.3, -0.25) is 29.8 Å². The van der Waals surface area contributed by atoms with Gasteiger partial charge in [0, 0.05) is 30.8 Å². The number of amides is 4. The third-order valence-corrected chi connectivity index (χ3v) is 4.96. The average molecular weight is 424 g/mol. The van der Waals surface area contributed by atoms with Crippen LogP contribution in [0.2, 0.25) is 0 Å². The summed E-state index contributed by atoms with van der Waals surface area (Å²) in [5, 5.41) is 5.13. The Bertz CT molecular complexity index is 902. The summed E-state index contributed by atoms with van der Waals surface area (Å²) in [4.78, 5) is 48.4. The Morgan fingerprint density at radius 3 is 1.36 bits per heavy atom. The Morgan fingerprint density at radius 1 is 0.636 bits per heavy atom. The predicted octanol–water partition coefficient (Wildman–Crippen LogP) is 2.13. The molecule has 2 aromatic carbocycles. The molecule has 0 spiro atoms. The Labute approximate surface area is 139 Å². The van der Waals surface area contributed by atoms with Crippen LogP contribution in [0.15, 0.2) is 21.1 Å². The van der Waals surface area contributed by atoms with Gasteiger partial charge in [0.15, 0.2) is 0 Å². The van der Waals surface area contributed by atoms with Crippen molar-refractivity contribution in [2.75, 3.05) is 0 Å². The lowest BCUT2D eigenvalue weighted by molar-refractivity contribution is 0.0822. The Balaban J connectivity index is 2.36. The number of nitrogens with one attached hydrogen (secondary N) is 2. The minimum atomic E-state index is -0.567. The highest BCUT2D eigenvalue weighted by Crippen LogP contribution is 2.40. The van der Waals surface area contributed by atoms with Gasteiger partial charge in [0.1, 0.15) is 0 Å². The summed E-state index contributed by atoms with van der Waals surface area (Å²) in [5.41, 5.74) is 0.963. The molecule has 108 valence electrons. The third-order valence-electron chi connectivity index (χ3n) is 3.71. The second-order valence-corrected chi connectivity index (χ2v) is 6.59. The van der Waals surface area contributed by atoms with Crippen LogP contribution < -0.4 is 10.6 Å². The van der Waals surface area contributed by atoms with Crippen molar-refractivity contribution in [1.29, 1.82) is 0 Å². The van der Waals surface area contributed by atoms with Crippen molar-refractivity contribution in [3.63, 3.8) is 0 Å². The quantitative estimate of drug-likeness (QED) is 0.635. The fraction of sp³-hybridized carbons (Fsp3) is 0. The van der Waals surface area contributed by atoms with Crippen LogP contribution >= 0.6 is 31.9 Å². The second kappa shape index (κ2) is 4.23. The van der Waals surface area contributed by atoms with Gasteiger partial charge in [-0.2, -0.15) is 0 Å². The zero-order valence-corrected chi connectivity index (χ0v) is 13.7. The Hall–Kier alpha value is -2.06. The fourth-order valence-electron chi connectivity index (χ4n) is 2.84. The zero-order chi connectivity index (χ0) is 15.8. The predicted molar refractivity (Wildman–Crippen MR) is 82.9 cm³/mol. The molecule has 0 saturated carbocycles. The molecule has 4 amide bonds. The molecule has 0 aromatic heterocycles. The molecular weight excluding hydrogens is 420 g/mol. The summed E-state index contributed by atoms with van der Waals surface area (Å²) in [6.07, 6.45) is 0. The molecule has 0 aliphatic carbocycles. The van der Waals surface area contributed by atoms with Crippen molar-refractivity contribution in [2.45, 2.75) is 0 Å². The van der Waals surface area contributed by atoms with Crippen LogP contribution in [0.1, 0.15) is 41.4 Å². The van der Waals surface area contributed by atoms with Crippen molar-refractivity contribution >= 4 is 66.3 Å². The topological polar surface area (TPSA) is 92.3 Å². The third kappa shape index (κ3) is 1.53. The number of hydrogen-bond acceptors (Lipinski definition) is 4. The number of halogens is 2. The molecule has 2 heterocycles. The maximum atomic E-state index is 12.1. The normalized spacial score (nSPS) is 15.9. The number of carbonyl (C=O) groups excluding carboxylic acids is 4. The van der Waals surface area contributed by atoms with Crippen molar-refractivity contribution in [3.05, 3.63) is 43.3 Å². The highest BCUT2D eigenvalue weighted by atomic mass is 79.9. The van der Waals surface area contributed by atoms with E-state index in [-0.39, 0.29) is 22.3 Å². The van der Waals surface area contributed by atoms with Crippen LogP contribution in [0.3, 0.4) is 0 Å². The zero-order valence-electron chi connectivity index (χ0n) is 10.5. The van der Waals surface area contributed by atoms with Gasteiger partial charge in [0.25, 0.3) is 23.6 Å². The molecule has 2 N–H and O–H groups in total. The molecule has 0 saturated heterocycles. The lowest BCUT2D eigenvalue weighted by Gasteiger charge is -2.24. The summed E-state index contributed by atoms with van der Waals surface area (Å²) in [7, 11) is 0. The number of hydrogen-bond donors (Lipinski definition) is 2. The van der Waals surface area contributed by atoms with Crippen LogP contribution in [0.25, 0.3) is 10.8 Å². The summed E-state index contributed by atoms with van der Waals surface area (Å²) < 4.78 is 0.776. The standard InChI is InChI=1S/C14H4Br2N2O4/c15-5-1-3-7-8-4(12(20)18-13(21)9(5)8)2-6(16)10(7)14(22)17-11(3)19/h1-2H,(H,17,19,22)(H,18,20,21). The Kier molecular flexibility index (Phi) is 2.62. The molecule has 0 radical (unpaired) electrons. The maximum absolute atomic E-state index is 12.1. The van der Waals surface area contributed by atoms with Crippen molar-refractivity contribution in [3.8, 4) is 0 Å². The number of rotatable bonds is 0. The van der Waals surface area contributed by atoms with Crippen molar-refractivity contribution in [1.82, 2.24) is 10.6 Å².